The summed E-state index contributed by atoms with van der Waals surface area (Å²) in [5.41, 5.74) is 7.61. The van der Waals surface area contributed by atoms with Crippen LogP contribution in [0.2, 0.25) is 0 Å². The Kier molecular flexibility index (Phi) is 8.00. The van der Waals surface area contributed by atoms with Gasteiger partial charge in [0.15, 0.2) is 0 Å². The van der Waals surface area contributed by atoms with Crippen molar-refractivity contribution in [3.05, 3.63) is 65.9 Å². The maximum Gasteiger partial charge on any atom is -0.0678 e. The second-order valence-electron chi connectivity index (χ2n) is 6.75. The number of benzene rings is 2. The molecule has 0 nitrogen and oxygen atoms in total. The molecule has 2 aromatic carbocycles. The Hall–Kier alpha value is -0.820. The molecule has 2 aliphatic carbocycles. The molecule has 0 saturated heterocycles. The zero-order valence-electron chi connectivity index (χ0n) is 16.0. The van der Waals surface area contributed by atoms with E-state index in [4.69, 9.17) is 0 Å². The van der Waals surface area contributed by atoms with Crippen LogP contribution in [0, 0.1) is 13.8 Å². The van der Waals surface area contributed by atoms with Crippen LogP contribution in [0.15, 0.2) is 29.8 Å². The van der Waals surface area contributed by atoms with Crippen LogP contribution in [-0.4, -0.2) is 3.26 Å². The zero-order chi connectivity index (χ0) is 18.4. The van der Waals surface area contributed by atoms with E-state index >= 15 is 0 Å². The van der Waals surface area contributed by atoms with E-state index in [1.54, 1.807) is 19.8 Å². The van der Waals surface area contributed by atoms with E-state index in [1.807, 2.05) is 0 Å². The average molecular weight is 497 g/mol. The Balaban J connectivity index is 0.000000241. The fourth-order valence-corrected chi connectivity index (χ4v) is 4.21. The smallest absolute Gasteiger partial charge is 0.0678 e. The number of rotatable bonds is 2. The summed E-state index contributed by atoms with van der Waals surface area (Å²) in [6.07, 6.45) is 9.41. The molecule has 25 heavy (non-hydrogen) atoms. The van der Waals surface area contributed by atoms with Gasteiger partial charge in [-0.15, -0.1) is 0 Å². The van der Waals surface area contributed by atoms with E-state index in [1.165, 1.54) is 47.8 Å². The number of fused-ring (bicyclic) bond motifs is 2. The molecular weight excluding hydrogens is 467 g/mol. The number of unbranched alkanes of at least 4 members (excludes halogenated alkanes) is 2. The van der Waals surface area contributed by atoms with Crippen molar-refractivity contribution in [3.63, 3.8) is 0 Å². The Morgan fingerprint density at radius 3 is 2.20 bits per heavy atom. The molecule has 1 heteroatoms. The largest absolute Gasteiger partial charge is 0.343 e. The third-order valence-electron chi connectivity index (χ3n) is 4.77. The molecule has 4 rings (SSSR count). The van der Waals surface area contributed by atoms with Crippen molar-refractivity contribution < 1.29 is 23.9 Å². The van der Waals surface area contributed by atoms with Gasteiger partial charge in [-0.1, -0.05) is 26.7 Å². The SMILES string of the molecule is CC1=Cc2c(cc3c4c(cccc24)CC3)[C]1=[Hf+2].[CH2-]CCC.[CH2-]CCC. The first kappa shape index (κ1) is 20.5. The maximum absolute atomic E-state index is 3.60. The van der Waals surface area contributed by atoms with Crippen molar-refractivity contribution in [2.45, 2.75) is 59.3 Å². The Morgan fingerprint density at radius 1 is 1.00 bits per heavy atom. The molecular formula is C24H30Hf. The Labute approximate surface area is 168 Å². The van der Waals surface area contributed by atoms with Crippen LogP contribution < -0.4 is 0 Å². The van der Waals surface area contributed by atoms with Crippen LogP contribution in [0.3, 0.4) is 0 Å². The topological polar surface area (TPSA) is 0 Å². The fourth-order valence-electron chi connectivity index (χ4n) is 3.21. The Bertz CT molecular complexity index is 772. The molecule has 0 bridgehead atoms. The van der Waals surface area contributed by atoms with Gasteiger partial charge in [0.05, 0.1) is 0 Å². The summed E-state index contributed by atoms with van der Waals surface area (Å²) >= 11 is 1.15. The van der Waals surface area contributed by atoms with Crippen molar-refractivity contribution in [1.29, 1.82) is 0 Å². The van der Waals surface area contributed by atoms with E-state index in [0.717, 1.165) is 36.7 Å². The van der Waals surface area contributed by atoms with E-state index in [9.17, 15) is 0 Å². The second kappa shape index (κ2) is 9.76. The summed E-state index contributed by atoms with van der Waals surface area (Å²) in [4.78, 5) is 0. The molecule has 0 N–H and O–H groups in total. The molecule has 0 aliphatic heterocycles. The number of hydrogen-bond donors (Lipinski definition) is 0. The summed E-state index contributed by atoms with van der Waals surface area (Å²) < 4.78 is 1.59. The molecule has 2 aromatic rings. The normalized spacial score (nSPS) is 13.7. The predicted molar refractivity (Wildman–Crippen MR) is 110 cm³/mol. The third-order valence-corrected chi connectivity index (χ3v) is 7.15. The van der Waals surface area contributed by atoms with E-state index in [0.29, 0.717) is 0 Å². The summed E-state index contributed by atoms with van der Waals surface area (Å²) in [6.45, 7) is 13.7. The van der Waals surface area contributed by atoms with Crippen LogP contribution in [0.25, 0.3) is 16.8 Å². The van der Waals surface area contributed by atoms with Crippen LogP contribution in [-0.2, 0) is 36.7 Å². The zero-order valence-corrected chi connectivity index (χ0v) is 19.6. The van der Waals surface area contributed by atoms with Gasteiger partial charge in [-0.25, -0.2) is 0 Å². The molecule has 0 fully saturated rings. The van der Waals surface area contributed by atoms with Crippen molar-refractivity contribution >= 4 is 20.1 Å². The van der Waals surface area contributed by atoms with Gasteiger partial charge in [0.25, 0.3) is 0 Å². The van der Waals surface area contributed by atoms with Gasteiger partial charge < -0.3 is 13.8 Å². The predicted octanol–water partition coefficient (Wildman–Crippen LogP) is 6.66. The minimum Gasteiger partial charge on any atom is -0.343 e. The molecule has 0 saturated carbocycles. The first-order chi connectivity index (χ1) is 12.1. The summed E-state index contributed by atoms with van der Waals surface area (Å²) in [5.74, 6) is 0. The summed E-state index contributed by atoms with van der Waals surface area (Å²) in [6, 6.07) is 9.28. The summed E-state index contributed by atoms with van der Waals surface area (Å²) in [5, 5.41) is 3.03. The molecule has 0 spiro atoms. The minimum atomic E-state index is 1.07. The van der Waals surface area contributed by atoms with Crippen LogP contribution in [0.1, 0.15) is 68.7 Å². The molecule has 0 heterocycles. The molecule has 130 valence electrons. The van der Waals surface area contributed by atoms with E-state index in [2.05, 4.69) is 65.0 Å². The first-order valence-corrected chi connectivity index (χ1v) is 11.3. The average Bonchev–Trinajstić information content (AvgIpc) is 3.19. The minimum absolute atomic E-state index is 1.07. The Morgan fingerprint density at radius 2 is 1.60 bits per heavy atom. The monoisotopic (exact) mass is 498 g/mol. The molecule has 2 aliphatic rings. The van der Waals surface area contributed by atoms with Gasteiger partial charge in [0, 0.05) is 0 Å². The molecule has 0 atom stereocenters. The van der Waals surface area contributed by atoms with Gasteiger partial charge in [-0.05, 0) is 0 Å². The molecule has 0 aromatic heterocycles. The van der Waals surface area contributed by atoms with Crippen molar-refractivity contribution in [1.82, 2.24) is 0 Å². The number of hydrogen-bond acceptors (Lipinski definition) is 0. The number of allylic oxidation sites excluding steroid dienone is 1. The van der Waals surface area contributed by atoms with Crippen LogP contribution in [0.4, 0.5) is 0 Å². The molecule has 0 radical (unpaired) electrons. The third kappa shape index (κ3) is 4.48. The standard InChI is InChI=1S/C16H12.2C4H9.Hf/c1-10-7-13-9-12-6-5-11-3-2-4-14(16(11)12)15(13)8-10;2*1-3-4-2;/h2-4,8-9H,5-6H2,1H3;2*1,3-4H2,2H3;/q;2*-1;+2. The van der Waals surface area contributed by atoms with Crippen molar-refractivity contribution in [3.8, 4) is 0 Å². The van der Waals surface area contributed by atoms with Gasteiger partial charge in [0.2, 0.25) is 0 Å². The first-order valence-electron chi connectivity index (χ1n) is 9.52. The van der Waals surface area contributed by atoms with E-state index < -0.39 is 0 Å². The molecule has 0 unspecified atom stereocenters. The molecule has 0 amide bonds. The maximum atomic E-state index is 3.60. The van der Waals surface area contributed by atoms with Crippen LogP contribution in [0.5, 0.6) is 0 Å². The quantitative estimate of drug-likeness (QED) is 0.322. The van der Waals surface area contributed by atoms with Gasteiger partial charge >= 0.3 is 116 Å². The number of aryl methyl sites for hydroxylation is 2. The summed E-state index contributed by atoms with van der Waals surface area (Å²) in [7, 11) is 0. The van der Waals surface area contributed by atoms with Gasteiger partial charge in [-0.3, -0.25) is 0 Å². The van der Waals surface area contributed by atoms with Crippen molar-refractivity contribution in [2.24, 2.45) is 0 Å². The van der Waals surface area contributed by atoms with Gasteiger partial charge in [0.1, 0.15) is 0 Å². The van der Waals surface area contributed by atoms with Crippen LogP contribution >= 0.6 is 0 Å². The van der Waals surface area contributed by atoms with Gasteiger partial charge in [-0.2, -0.15) is 12.8 Å². The van der Waals surface area contributed by atoms with E-state index in [-0.39, 0.29) is 0 Å². The second-order valence-corrected chi connectivity index (χ2v) is 8.54. The van der Waals surface area contributed by atoms with Crippen molar-refractivity contribution in [2.75, 3.05) is 0 Å². The fraction of sp³-hybridized carbons (Fsp3) is 0.375.